The van der Waals surface area contributed by atoms with E-state index in [1.54, 1.807) is 0 Å². The first-order chi connectivity index (χ1) is 6.76. The molecule has 1 amide bonds. The van der Waals surface area contributed by atoms with Crippen molar-refractivity contribution >= 4 is 21.8 Å². The van der Waals surface area contributed by atoms with Crippen LogP contribution in [-0.4, -0.2) is 41.8 Å². The van der Waals surface area contributed by atoms with Crippen molar-refractivity contribution in [2.75, 3.05) is 25.0 Å². The van der Waals surface area contributed by atoms with Crippen molar-refractivity contribution in [3.05, 3.63) is 0 Å². The Bertz CT molecular complexity index is 179. The Hall–Kier alpha value is -0.0900. The van der Waals surface area contributed by atoms with Gasteiger partial charge < -0.3 is 10.2 Å². The molecular formula is C10H19BrN2O. The van der Waals surface area contributed by atoms with Crippen molar-refractivity contribution in [2.24, 2.45) is 0 Å². The third kappa shape index (κ3) is 3.96. The van der Waals surface area contributed by atoms with Crippen LogP contribution in [0.5, 0.6) is 0 Å². The zero-order valence-electron chi connectivity index (χ0n) is 8.76. The van der Waals surface area contributed by atoms with Gasteiger partial charge in [-0.25, -0.2) is 0 Å². The fourth-order valence-electron chi connectivity index (χ4n) is 1.78. The number of rotatable bonds is 4. The lowest BCUT2D eigenvalue weighted by Gasteiger charge is -2.31. The number of carbonyl (C=O) groups excluding carboxylic acids is 1. The highest BCUT2D eigenvalue weighted by Crippen LogP contribution is 2.09. The van der Waals surface area contributed by atoms with Crippen LogP contribution in [0.4, 0.5) is 0 Å². The highest BCUT2D eigenvalue weighted by Gasteiger charge is 2.18. The highest BCUT2D eigenvalue weighted by atomic mass is 79.9. The van der Waals surface area contributed by atoms with Gasteiger partial charge in [-0.1, -0.05) is 22.9 Å². The topological polar surface area (TPSA) is 32.3 Å². The van der Waals surface area contributed by atoms with E-state index in [2.05, 4.69) is 33.1 Å². The Kier molecular flexibility index (Phi) is 5.48. The lowest BCUT2D eigenvalue weighted by Crippen LogP contribution is -2.44. The number of nitrogens with zero attached hydrogens (tertiary/aromatic N) is 1. The molecular weight excluding hydrogens is 244 g/mol. The summed E-state index contributed by atoms with van der Waals surface area (Å²) in [5.74, 6) is 0.178. The number of halogens is 1. The molecule has 0 aliphatic carbocycles. The maximum Gasteiger partial charge on any atom is 0.221 e. The molecule has 14 heavy (non-hydrogen) atoms. The first-order valence-corrected chi connectivity index (χ1v) is 6.46. The molecule has 0 atom stereocenters. The second-order valence-electron chi connectivity index (χ2n) is 3.72. The number of hydrogen-bond donors (Lipinski definition) is 1. The number of nitrogens with one attached hydrogen (secondary N) is 1. The van der Waals surface area contributed by atoms with E-state index in [9.17, 15) is 4.79 Å². The number of carbonyl (C=O) groups is 1. The van der Waals surface area contributed by atoms with Gasteiger partial charge in [0.05, 0.1) is 0 Å². The largest absolute Gasteiger partial charge is 0.353 e. The minimum Gasteiger partial charge on any atom is -0.353 e. The molecule has 1 aliphatic heterocycles. The van der Waals surface area contributed by atoms with Crippen molar-refractivity contribution in [2.45, 2.75) is 32.2 Å². The summed E-state index contributed by atoms with van der Waals surface area (Å²) in [5.41, 5.74) is 0. The van der Waals surface area contributed by atoms with E-state index in [0.29, 0.717) is 12.5 Å². The van der Waals surface area contributed by atoms with Gasteiger partial charge in [-0.15, -0.1) is 0 Å². The maximum atomic E-state index is 11.3. The van der Waals surface area contributed by atoms with Crippen LogP contribution < -0.4 is 5.32 Å². The molecule has 1 N–H and O–H groups in total. The third-order valence-corrected chi connectivity index (χ3v) is 3.12. The maximum absolute atomic E-state index is 11.3. The average molecular weight is 263 g/mol. The number of hydrogen-bond acceptors (Lipinski definition) is 2. The monoisotopic (exact) mass is 262 g/mol. The van der Waals surface area contributed by atoms with E-state index < -0.39 is 0 Å². The fraction of sp³-hybridized carbons (Fsp3) is 0.900. The van der Waals surface area contributed by atoms with Crippen LogP contribution in [0.2, 0.25) is 0 Å². The molecule has 0 radical (unpaired) electrons. The van der Waals surface area contributed by atoms with Crippen LogP contribution in [0.3, 0.4) is 0 Å². The Morgan fingerprint density at radius 3 is 2.64 bits per heavy atom. The van der Waals surface area contributed by atoms with Crippen LogP contribution in [-0.2, 0) is 4.79 Å². The molecule has 0 saturated carbocycles. The van der Waals surface area contributed by atoms with Crippen molar-refractivity contribution in [3.63, 3.8) is 0 Å². The quantitative estimate of drug-likeness (QED) is 0.777. The van der Waals surface area contributed by atoms with Crippen molar-refractivity contribution in [1.29, 1.82) is 0 Å². The molecule has 0 bridgehead atoms. The Balaban J connectivity index is 2.18. The van der Waals surface area contributed by atoms with Crippen molar-refractivity contribution < 1.29 is 4.79 Å². The van der Waals surface area contributed by atoms with Gasteiger partial charge in [0.1, 0.15) is 0 Å². The molecule has 1 saturated heterocycles. The summed E-state index contributed by atoms with van der Waals surface area (Å²) in [4.78, 5) is 13.7. The van der Waals surface area contributed by atoms with Gasteiger partial charge in [0, 0.05) is 30.9 Å². The van der Waals surface area contributed by atoms with E-state index in [0.717, 1.165) is 37.8 Å². The van der Waals surface area contributed by atoms with E-state index in [1.165, 1.54) is 0 Å². The number of amides is 1. The lowest BCUT2D eigenvalue weighted by molar-refractivity contribution is -0.121. The van der Waals surface area contributed by atoms with Crippen molar-refractivity contribution in [3.8, 4) is 0 Å². The smallest absolute Gasteiger partial charge is 0.221 e. The molecule has 4 heteroatoms. The van der Waals surface area contributed by atoms with E-state index in [1.807, 2.05) is 0 Å². The standard InChI is InChI=1S/C10H19BrN2O/c1-2-13-7-4-9(5-8-13)12-10(14)3-6-11/h9H,2-8H2,1H3,(H,12,14). The van der Waals surface area contributed by atoms with E-state index in [-0.39, 0.29) is 5.91 Å². The molecule has 82 valence electrons. The van der Waals surface area contributed by atoms with Crippen LogP contribution in [0.1, 0.15) is 26.2 Å². The lowest BCUT2D eigenvalue weighted by atomic mass is 10.1. The summed E-state index contributed by atoms with van der Waals surface area (Å²) in [5, 5.41) is 3.83. The predicted octanol–water partition coefficient (Wildman–Crippen LogP) is 1.37. The van der Waals surface area contributed by atoms with Crippen LogP contribution in [0.15, 0.2) is 0 Å². The summed E-state index contributed by atoms with van der Waals surface area (Å²) < 4.78 is 0. The van der Waals surface area contributed by atoms with E-state index in [4.69, 9.17) is 0 Å². The zero-order valence-corrected chi connectivity index (χ0v) is 10.3. The molecule has 0 aromatic rings. The molecule has 1 fully saturated rings. The Morgan fingerprint density at radius 1 is 1.50 bits per heavy atom. The second-order valence-corrected chi connectivity index (χ2v) is 4.51. The summed E-state index contributed by atoms with van der Waals surface area (Å²) in [6, 6.07) is 0.407. The van der Waals surface area contributed by atoms with E-state index >= 15 is 0 Å². The highest BCUT2D eigenvalue weighted by molar-refractivity contribution is 9.09. The zero-order chi connectivity index (χ0) is 10.4. The summed E-state index contributed by atoms with van der Waals surface area (Å²) in [7, 11) is 0. The summed E-state index contributed by atoms with van der Waals surface area (Å²) in [6.07, 6.45) is 2.79. The van der Waals surface area contributed by atoms with Gasteiger partial charge >= 0.3 is 0 Å². The molecule has 0 spiro atoms. The normalized spacial score (nSPS) is 19.6. The van der Waals surface area contributed by atoms with Crippen LogP contribution in [0.25, 0.3) is 0 Å². The minimum absolute atomic E-state index is 0.178. The number of likely N-dealkylation sites (tertiary alicyclic amines) is 1. The molecule has 1 rings (SSSR count). The second kappa shape index (κ2) is 6.40. The van der Waals surface area contributed by atoms with Gasteiger partial charge in [0.25, 0.3) is 0 Å². The Morgan fingerprint density at radius 2 is 2.14 bits per heavy atom. The van der Waals surface area contributed by atoms with Crippen molar-refractivity contribution in [1.82, 2.24) is 10.2 Å². The number of piperidine rings is 1. The molecule has 3 nitrogen and oxygen atoms in total. The molecule has 1 heterocycles. The first-order valence-electron chi connectivity index (χ1n) is 5.34. The minimum atomic E-state index is 0.178. The summed E-state index contributed by atoms with van der Waals surface area (Å²) in [6.45, 7) is 5.55. The molecule has 0 aromatic heterocycles. The number of alkyl halides is 1. The van der Waals surface area contributed by atoms with Gasteiger partial charge in [0.2, 0.25) is 5.91 Å². The van der Waals surface area contributed by atoms with Crippen LogP contribution >= 0.6 is 15.9 Å². The molecule has 0 aromatic carbocycles. The first kappa shape index (κ1) is 12.0. The van der Waals surface area contributed by atoms with Gasteiger partial charge in [-0.2, -0.15) is 0 Å². The average Bonchev–Trinajstić information content (AvgIpc) is 2.19. The van der Waals surface area contributed by atoms with Gasteiger partial charge in [-0.05, 0) is 19.4 Å². The molecule has 0 unspecified atom stereocenters. The summed E-state index contributed by atoms with van der Waals surface area (Å²) >= 11 is 3.27. The Labute approximate surface area is 94.4 Å². The third-order valence-electron chi connectivity index (χ3n) is 2.72. The van der Waals surface area contributed by atoms with Crippen LogP contribution in [0, 0.1) is 0 Å². The SMILES string of the molecule is CCN1CCC(NC(=O)CCBr)CC1. The fourth-order valence-corrected chi connectivity index (χ4v) is 2.14. The van der Waals surface area contributed by atoms with Gasteiger partial charge in [-0.3, -0.25) is 4.79 Å². The van der Waals surface area contributed by atoms with Gasteiger partial charge in [0.15, 0.2) is 0 Å². The molecule has 1 aliphatic rings. The predicted molar refractivity (Wildman–Crippen MR) is 61.7 cm³/mol.